The number of aromatic nitrogens is 5. The third-order valence-electron chi connectivity index (χ3n) is 6.57. The highest BCUT2D eigenvalue weighted by Gasteiger charge is 2.35. The van der Waals surface area contributed by atoms with Crippen LogP contribution in [-0.2, 0) is 5.54 Å². The fourth-order valence-electron chi connectivity index (χ4n) is 4.82. The minimum absolute atomic E-state index is 0.161. The number of fused-ring (bicyclic) bond motifs is 1. The first-order valence-electron chi connectivity index (χ1n) is 11.9. The Morgan fingerprint density at radius 1 is 1.03 bits per heavy atom. The van der Waals surface area contributed by atoms with Crippen molar-refractivity contribution in [3.8, 4) is 0 Å². The van der Waals surface area contributed by atoms with Crippen molar-refractivity contribution in [3.05, 3.63) is 81.7 Å². The summed E-state index contributed by atoms with van der Waals surface area (Å²) >= 11 is 0. The van der Waals surface area contributed by atoms with Crippen LogP contribution in [-0.4, -0.2) is 56.3 Å². The third kappa shape index (κ3) is 4.43. The lowest BCUT2D eigenvalue weighted by atomic mass is 10.0. The van der Waals surface area contributed by atoms with Crippen molar-refractivity contribution < 1.29 is 4.39 Å². The Kier molecular flexibility index (Phi) is 5.88. The molecule has 0 amide bonds. The number of rotatable bonds is 4. The number of hydrogen-bond donors (Lipinski definition) is 1. The van der Waals surface area contributed by atoms with Gasteiger partial charge in [0.05, 0.1) is 11.2 Å². The monoisotopic (exact) mass is 475 g/mol. The third-order valence-corrected chi connectivity index (χ3v) is 6.57. The molecule has 3 heterocycles. The zero-order valence-electron chi connectivity index (χ0n) is 20.5. The maximum absolute atomic E-state index is 14.4. The van der Waals surface area contributed by atoms with E-state index in [0.29, 0.717) is 43.3 Å². The molecule has 0 spiro atoms. The van der Waals surface area contributed by atoms with E-state index in [-0.39, 0.29) is 16.9 Å². The summed E-state index contributed by atoms with van der Waals surface area (Å²) in [4.78, 5) is 20.7. The summed E-state index contributed by atoms with van der Waals surface area (Å²) in [6.45, 7) is 10.6. The molecule has 0 aliphatic carbocycles. The van der Waals surface area contributed by atoms with E-state index in [0.717, 1.165) is 16.5 Å². The van der Waals surface area contributed by atoms with Crippen LogP contribution in [0.15, 0.2) is 53.3 Å². The quantitative estimate of drug-likeness (QED) is 0.485. The molecule has 1 aliphatic heterocycles. The van der Waals surface area contributed by atoms with Gasteiger partial charge in [-0.2, -0.15) is 0 Å². The number of nitrogens with one attached hydrogen (secondary N) is 1. The molecular formula is C26H30FN7O. The van der Waals surface area contributed by atoms with Gasteiger partial charge in [0.25, 0.3) is 5.56 Å². The number of tetrazole rings is 1. The lowest BCUT2D eigenvalue weighted by Gasteiger charge is -2.40. The van der Waals surface area contributed by atoms with Gasteiger partial charge in [0.1, 0.15) is 11.9 Å². The largest absolute Gasteiger partial charge is 0.367 e. The van der Waals surface area contributed by atoms with Crippen molar-refractivity contribution in [1.82, 2.24) is 30.1 Å². The van der Waals surface area contributed by atoms with Crippen LogP contribution >= 0.6 is 0 Å². The highest BCUT2D eigenvalue weighted by Crippen LogP contribution is 2.31. The second-order valence-electron chi connectivity index (χ2n) is 10.1. The molecule has 2 aromatic heterocycles. The van der Waals surface area contributed by atoms with Crippen molar-refractivity contribution in [2.75, 3.05) is 31.1 Å². The number of benzene rings is 2. The average molecular weight is 476 g/mol. The SMILES string of the molecule is Cc1ccc2[nH]c(=O)c([C@@H](c3nnnn3C(C)(C)C)N3CCN(c4ccccc4F)CC3)cc2c1. The smallest absolute Gasteiger partial charge is 0.253 e. The predicted octanol–water partition coefficient (Wildman–Crippen LogP) is 3.63. The Morgan fingerprint density at radius 3 is 2.49 bits per heavy atom. The number of nitrogens with zero attached hydrogens (tertiary/aromatic N) is 6. The second kappa shape index (κ2) is 8.88. The van der Waals surface area contributed by atoms with E-state index in [2.05, 4.69) is 31.5 Å². The maximum Gasteiger partial charge on any atom is 0.253 e. The van der Waals surface area contributed by atoms with Gasteiger partial charge in [0.15, 0.2) is 5.82 Å². The Balaban J connectivity index is 1.57. The Bertz CT molecular complexity index is 1410. The average Bonchev–Trinajstić information content (AvgIpc) is 3.31. The van der Waals surface area contributed by atoms with E-state index in [9.17, 15) is 9.18 Å². The topological polar surface area (TPSA) is 82.9 Å². The minimum atomic E-state index is -0.444. The van der Waals surface area contributed by atoms with Gasteiger partial charge in [-0.3, -0.25) is 9.69 Å². The molecule has 1 N–H and O–H groups in total. The van der Waals surface area contributed by atoms with Crippen molar-refractivity contribution in [3.63, 3.8) is 0 Å². The first kappa shape index (κ1) is 23.2. The van der Waals surface area contributed by atoms with Crippen LogP contribution < -0.4 is 10.5 Å². The minimum Gasteiger partial charge on any atom is -0.367 e. The maximum atomic E-state index is 14.4. The lowest BCUT2D eigenvalue weighted by molar-refractivity contribution is 0.190. The van der Waals surface area contributed by atoms with Crippen LogP contribution in [0.5, 0.6) is 0 Å². The predicted molar refractivity (Wildman–Crippen MR) is 134 cm³/mol. The Morgan fingerprint density at radius 2 is 1.77 bits per heavy atom. The van der Waals surface area contributed by atoms with E-state index < -0.39 is 6.04 Å². The number of halogens is 1. The molecule has 9 heteroatoms. The first-order valence-corrected chi connectivity index (χ1v) is 11.9. The van der Waals surface area contributed by atoms with Crippen molar-refractivity contribution >= 4 is 16.6 Å². The van der Waals surface area contributed by atoms with Crippen LogP contribution in [0.2, 0.25) is 0 Å². The molecule has 0 unspecified atom stereocenters. The number of aromatic amines is 1. The van der Waals surface area contributed by atoms with Crippen molar-refractivity contribution in [1.29, 1.82) is 0 Å². The molecule has 1 aliphatic rings. The lowest BCUT2D eigenvalue weighted by Crippen LogP contribution is -2.49. The summed E-state index contributed by atoms with van der Waals surface area (Å²) in [6, 6.07) is 14.3. The summed E-state index contributed by atoms with van der Waals surface area (Å²) in [5.74, 6) is 0.393. The van der Waals surface area contributed by atoms with E-state index in [1.54, 1.807) is 16.8 Å². The van der Waals surface area contributed by atoms with Crippen molar-refractivity contribution in [2.24, 2.45) is 0 Å². The molecule has 5 rings (SSSR count). The molecule has 4 aromatic rings. The molecule has 8 nitrogen and oxygen atoms in total. The fraction of sp³-hybridized carbons (Fsp3) is 0.385. The zero-order chi connectivity index (χ0) is 24.7. The van der Waals surface area contributed by atoms with E-state index >= 15 is 0 Å². The molecule has 182 valence electrons. The molecular weight excluding hydrogens is 445 g/mol. The summed E-state index contributed by atoms with van der Waals surface area (Å²) in [6.07, 6.45) is 0. The molecule has 0 saturated carbocycles. The number of pyridine rings is 1. The van der Waals surface area contributed by atoms with Crippen LogP contribution in [0.3, 0.4) is 0 Å². The summed E-state index contributed by atoms with van der Waals surface area (Å²) < 4.78 is 16.2. The van der Waals surface area contributed by atoms with Crippen LogP contribution in [0, 0.1) is 12.7 Å². The molecule has 1 atom stereocenters. The Hall–Kier alpha value is -3.59. The number of anilines is 1. The van der Waals surface area contributed by atoms with Gasteiger partial charge in [-0.1, -0.05) is 23.8 Å². The number of piperazine rings is 1. The van der Waals surface area contributed by atoms with Gasteiger partial charge >= 0.3 is 0 Å². The molecule has 35 heavy (non-hydrogen) atoms. The molecule has 1 fully saturated rings. The summed E-state index contributed by atoms with van der Waals surface area (Å²) in [5, 5.41) is 13.6. The van der Waals surface area contributed by atoms with Gasteiger partial charge in [-0.15, -0.1) is 5.10 Å². The van der Waals surface area contributed by atoms with Gasteiger partial charge < -0.3 is 9.88 Å². The highest BCUT2D eigenvalue weighted by molar-refractivity contribution is 5.79. The van der Waals surface area contributed by atoms with Crippen molar-refractivity contribution in [2.45, 2.75) is 39.3 Å². The zero-order valence-corrected chi connectivity index (χ0v) is 20.5. The molecule has 0 bridgehead atoms. The van der Waals surface area contributed by atoms with Gasteiger partial charge in [-0.25, -0.2) is 9.07 Å². The van der Waals surface area contributed by atoms with E-state index in [1.807, 2.05) is 56.9 Å². The van der Waals surface area contributed by atoms with Crippen LogP contribution in [0.1, 0.15) is 43.8 Å². The number of hydrogen-bond acceptors (Lipinski definition) is 6. The standard InChI is InChI=1S/C26H30FN7O/c1-17-9-10-21-18(15-17)16-19(25(35)28-21)23(24-29-30-31-34(24)26(2,3)4)33-13-11-32(12-14-33)22-8-6-5-7-20(22)27/h5-10,15-16,23H,11-14H2,1-4H3,(H,28,35)/t23-/m0/s1. The van der Waals surface area contributed by atoms with Gasteiger partial charge in [0, 0.05) is 37.3 Å². The summed E-state index contributed by atoms with van der Waals surface area (Å²) in [7, 11) is 0. The molecule has 2 aromatic carbocycles. The number of aryl methyl sites for hydroxylation is 1. The van der Waals surface area contributed by atoms with Gasteiger partial charge in [-0.05, 0) is 73.8 Å². The van der Waals surface area contributed by atoms with E-state index in [4.69, 9.17) is 0 Å². The molecule has 0 radical (unpaired) electrons. The first-order chi connectivity index (χ1) is 16.7. The van der Waals surface area contributed by atoms with Crippen LogP contribution in [0.25, 0.3) is 10.9 Å². The number of H-pyrrole nitrogens is 1. The fourth-order valence-corrected chi connectivity index (χ4v) is 4.82. The van der Waals surface area contributed by atoms with Gasteiger partial charge in [0.2, 0.25) is 0 Å². The van der Waals surface area contributed by atoms with E-state index in [1.165, 1.54) is 6.07 Å². The van der Waals surface area contributed by atoms with Crippen LogP contribution in [0.4, 0.5) is 10.1 Å². The Labute approximate surface area is 203 Å². The summed E-state index contributed by atoms with van der Waals surface area (Å²) in [5.41, 5.74) is 2.58. The number of para-hydroxylation sites is 1. The normalized spacial score (nSPS) is 16.1. The second-order valence-corrected chi connectivity index (χ2v) is 10.1. The highest BCUT2D eigenvalue weighted by atomic mass is 19.1. The molecule has 1 saturated heterocycles.